The zero-order valence-corrected chi connectivity index (χ0v) is 8.04. The molecule has 5 heteroatoms. The van der Waals surface area contributed by atoms with Crippen LogP contribution in [0, 0.1) is 5.41 Å². The first kappa shape index (κ1) is 9.45. The number of carbonyl (C=O) groups is 2. The first-order valence-corrected chi connectivity index (χ1v) is 4.66. The van der Waals surface area contributed by atoms with E-state index in [9.17, 15) is 9.59 Å². The molecular weight excluding hydrogens is 186 g/mol. The molecule has 0 aromatic rings. The molecular formula is C9H13NO4. The summed E-state index contributed by atoms with van der Waals surface area (Å²) in [6.45, 7) is 0.274. The van der Waals surface area contributed by atoms with Gasteiger partial charge in [-0.05, 0) is 12.8 Å². The Balaban J connectivity index is 2.02. The number of ether oxygens (including phenoxy) is 2. The van der Waals surface area contributed by atoms with Gasteiger partial charge in [0.2, 0.25) is 5.91 Å². The third kappa shape index (κ3) is 1.37. The van der Waals surface area contributed by atoms with Crippen molar-refractivity contribution in [2.24, 2.45) is 5.41 Å². The zero-order chi connectivity index (χ0) is 10.2. The molecule has 1 aliphatic heterocycles. The number of rotatable bonds is 3. The largest absolute Gasteiger partial charge is 0.468 e. The monoisotopic (exact) mass is 199 g/mol. The second-order valence-corrected chi connectivity index (χ2v) is 3.81. The van der Waals surface area contributed by atoms with Crippen LogP contribution in [0.15, 0.2) is 0 Å². The summed E-state index contributed by atoms with van der Waals surface area (Å²) in [5, 5.41) is 2.79. The van der Waals surface area contributed by atoms with Crippen LogP contribution < -0.4 is 5.32 Å². The molecule has 0 aromatic carbocycles. The fourth-order valence-corrected chi connectivity index (χ4v) is 1.39. The minimum Gasteiger partial charge on any atom is -0.468 e. The lowest BCUT2D eigenvalue weighted by molar-refractivity contribution is -0.188. The molecule has 1 saturated heterocycles. The third-order valence-corrected chi connectivity index (χ3v) is 2.62. The van der Waals surface area contributed by atoms with Crippen LogP contribution >= 0.6 is 0 Å². The molecule has 0 aromatic heterocycles. The first-order valence-electron chi connectivity index (χ1n) is 4.66. The van der Waals surface area contributed by atoms with Gasteiger partial charge in [0.05, 0.1) is 20.3 Å². The standard InChI is InChI=1S/C9H13NO4/c1-13-8(12)9(4-14-5-9)7(11)10-6-2-3-6/h6H,2-5H2,1H3,(H,10,11). The normalized spacial score (nSPS) is 23.5. The smallest absolute Gasteiger partial charge is 0.326 e. The van der Waals surface area contributed by atoms with Gasteiger partial charge in [-0.25, -0.2) is 0 Å². The van der Waals surface area contributed by atoms with Crippen molar-refractivity contribution in [3.05, 3.63) is 0 Å². The molecule has 5 nitrogen and oxygen atoms in total. The second-order valence-electron chi connectivity index (χ2n) is 3.81. The van der Waals surface area contributed by atoms with Crippen molar-refractivity contribution in [3.63, 3.8) is 0 Å². The Hall–Kier alpha value is -1.10. The van der Waals surface area contributed by atoms with Crippen LogP contribution in [0.4, 0.5) is 0 Å². The van der Waals surface area contributed by atoms with Crippen molar-refractivity contribution in [3.8, 4) is 0 Å². The Morgan fingerprint density at radius 3 is 2.43 bits per heavy atom. The molecule has 0 atom stereocenters. The van der Waals surface area contributed by atoms with Crippen molar-refractivity contribution in [1.29, 1.82) is 0 Å². The van der Waals surface area contributed by atoms with E-state index in [4.69, 9.17) is 4.74 Å². The van der Waals surface area contributed by atoms with E-state index in [0.717, 1.165) is 12.8 Å². The molecule has 0 radical (unpaired) electrons. The van der Waals surface area contributed by atoms with Gasteiger partial charge in [-0.1, -0.05) is 0 Å². The van der Waals surface area contributed by atoms with Crippen LogP contribution in [0.5, 0.6) is 0 Å². The molecule has 1 saturated carbocycles. The van der Waals surface area contributed by atoms with Crippen molar-refractivity contribution in [1.82, 2.24) is 5.32 Å². The van der Waals surface area contributed by atoms with Crippen LogP contribution in [-0.4, -0.2) is 38.2 Å². The maximum atomic E-state index is 11.7. The Morgan fingerprint density at radius 2 is 2.07 bits per heavy atom. The fraction of sp³-hybridized carbons (Fsp3) is 0.778. The van der Waals surface area contributed by atoms with E-state index in [2.05, 4.69) is 10.1 Å². The van der Waals surface area contributed by atoms with Gasteiger partial charge < -0.3 is 14.8 Å². The number of methoxy groups -OCH3 is 1. The fourth-order valence-electron chi connectivity index (χ4n) is 1.39. The average molecular weight is 199 g/mol. The number of amides is 1. The van der Waals surface area contributed by atoms with Crippen LogP contribution in [-0.2, 0) is 19.1 Å². The van der Waals surface area contributed by atoms with E-state index in [1.807, 2.05) is 0 Å². The molecule has 0 unspecified atom stereocenters. The maximum absolute atomic E-state index is 11.7. The van der Waals surface area contributed by atoms with Crippen molar-refractivity contribution in [2.45, 2.75) is 18.9 Å². The lowest BCUT2D eigenvalue weighted by Crippen LogP contribution is -2.59. The quantitative estimate of drug-likeness (QED) is 0.489. The summed E-state index contributed by atoms with van der Waals surface area (Å²) in [6, 6.07) is 0.254. The Labute approximate surface area is 81.7 Å². The van der Waals surface area contributed by atoms with E-state index in [-0.39, 0.29) is 25.2 Å². The van der Waals surface area contributed by atoms with Gasteiger partial charge in [-0.15, -0.1) is 0 Å². The van der Waals surface area contributed by atoms with Gasteiger partial charge in [0.25, 0.3) is 0 Å². The summed E-state index contributed by atoms with van der Waals surface area (Å²) in [4.78, 5) is 23.1. The molecule has 1 N–H and O–H groups in total. The van der Waals surface area contributed by atoms with Gasteiger partial charge in [0.1, 0.15) is 0 Å². The topological polar surface area (TPSA) is 64.6 Å². The van der Waals surface area contributed by atoms with Crippen LogP contribution in [0.3, 0.4) is 0 Å². The molecule has 2 fully saturated rings. The highest BCUT2D eigenvalue weighted by Gasteiger charge is 2.54. The lowest BCUT2D eigenvalue weighted by Gasteiger charge is -2.36. The molecule has 2 aliphatic rings. The molecule has 78 valence electrons. The lowest BCUT2D eigenvalue weighted by atomic mass is 9.85. The molecule has 0 bridgehead atoms. The van der Waals surface area contributed by atoms with Crippen molar-refractivity contribution >= 4 is 11.9 Å². The number of hydrogen-bond acceptors (Lipinski definition) is 4. The van der Waals surface area contributed by atoms with Crippen molar-refractivity contribution in [2.75, 3.05) is 20.3 Å². The van der Waals surface area contributed by atoms with E-state index < -0.39 is 11.4 Å². The van der Waals surface area contributed by atoms with Crippen molar-refractivity contribution < 1.29 is 19.1 Å². The molecule has 14 heavy (non-hydrogen) atoms. The molecule has 1 amide bonds. The minimum absolute atomic E-state index is 0.137. The van der Waals surface area contributed by atoms with Gasteiger partial charge in [-0.2, -0.15) is 0 Å². The highest BCUT2D eigenvalue weighted by molar-refractivity contribution is 6.04. The number of hydrogen-bond donors (Lipinski definition) is 1. The summed E-state index contributed by atoms with van der Waals surface area (Å²) in [6.07, 6.45) is 2.01. The van der Waals surface area contributed by atoms with Crippen LogP contribution in [0.1, 0.15) is 12.8 Å². The molecule has 0 spiro atoms. The summed E-state index contributed by atoms with van der Waals surface area (Å²) in [7, 11) is 1.28. The molecule has 1 heterocycles. The van der Waals surface area contributed by atoms with E-state index >= 15 is 0 Å². The van der Waals surface area contributed by atoms with E-state index in [0.29, 0.717) is 0 Å². The van der Waals surface area contributed by atoms with E-state index in [1.165, 1.54) is 7.11 Å². The third-order valence-electron chi connectivity index (χ3n) is 2.62. The molecule has 1 aliphatic carbocycles. The summed E-state index contributed by atoms with van der Waals surface area (Å²) in [5.41, 5.74) is -1.07. The highest BCUT2D eigenvalue weighted by atomic mass is 16.5. The van der Waals surface area contributed by atoms with Crippen LogP contribution in [0.25, 0.3) is 0 Å². The van der Waals surface area contributed by atoms with Gasteiger partial charge >= 0.3 is 5.97 Å². The molecule has 2 rings (SSSR count). The predicted molar refractivity (Wildman–Crippen MR) is 46.4 cm³/mol. The van der Waals surface area contributed by atoms with Gasteiger partial charge in [0, 0.05) is 6.04 Å². The number of carbonyl (C=O) groups excluding carboxylic acids is 2. The summed E-state index contributed by atoms with van der Waals surface area (Å²) >= 11 is 0. The first-order chi connectivity index (χ1) is 6.69. The summed E-state index contributed by atoms with van der Waals surface area (Å²) < 4.78 is 9.52. The minimum atomic E-state index is -1.07. The highest BCUT2D eigenvalue weighted by Crippen LogP contribution is 2.31. The Morgan fingerprint density at radius 1 is 1.43 bits per heavy atom. The van der Waals surface area contributed by atoms with Crippen LogP contribution in [0.2, 0.25) is 0 Å². The van der Waals surface area contributed by atoms with Gasteiger partial charge in [0.15, 0.2) is 5.41 Å². The van der Waals surface area contributed by atoms with E-state index in [1.54, 1.807) is 0 Å². The number of nitrogens with one attached hydrogen (secondary N) is 1. The Bertz CT molecular complexity index is 268. The second kappa shape index (κ2) is 3.24. The average Bonchev–Trinajstić information content (AvgIpc) is 2.85. The maximum Gasteiger partial charge on any atom is 0.326 e. The Kier molecular flexibility index (Phi) is 2.19. The zero-order valence-electron chi connectivity index (χ0n) is 8.04. The number of esters is 1. The summed E-state index contributed by atoms with van der Waals surface area (Å²) in [5.74, 6) is -0.750. The predicted octanol–water partition coefficient (Wildman–Crippen LogP) is -0.545. The van der Waals surface area contributed by atoms with Gasteiger partial charge in [-0.3, -0.25) is 9.59 Å². The SMILES string of the molecule is COC(=O)C1(C(=O)NC2CC2)COC1.